The van der Waals surface area contributed by atoms with Crippen LogP contribution in [-0.4, -0.2) is 47.7 Å². The summed E-state index contributed by atoms with van der Waals surface area (Å²) in [7, 11) is -2.26. The van der Waals surface area contributed by atoms with Gasteiger partial charge in [-0.25, -0.2) is 8.42 Å². The normalized spacial score (nSPS) is 12.4. The van der Waals surface area contributed by atoms with Gasteiger partial charge in [0.05, 0.1) is 21.4 Å². The first-order chi connectivity index (χ1) is 15.9. The van der Waals surface area contributed by atoms with Gasteiger partial charge in [-0.15, -0.1) is 0 Å². The van der Waals surface area contributed by atoms with Crippen LogP contribution in [0.2, 0.25) is 10.0 Å². The predicted molar refractivity (Wildman–Crippen MR) is 129 cm³/mol. The summed E-state index contributed by atoms with van der Waals surface area (Å²) in [5.41, 5.74) is 1.39. The first-order valence-corrected chi connectivity index (χ1v) is 12.4. The molecule has 0 aliphatic heterocycles. The molecule has 1 heterocycles. The molecule has 180 valence electrons. The molecule has 1 aromatic heterocycles. The molecule has 9 nitrogen and oxygen atoms in total. The third-order valence-electron chi connectivity index (χ3n) is 5.03. The maximum atomic E-state index is 12.8. The van der Waals surface area contributed by atoms with E-state index >= 15 is 0 Å². The number of carbonyl (C=O) groups is 3. The fourth-order valence-corrected chi connectivity index (χ4v) is 4.92. The number of halogens is 2. The topological polar surface area (TPSA) is 135 Å². The minimum atomic E-state index is -3.97. The molecule has 2 amide bonds. The van der Waals surface area contributed by atoms with Crippen LogP contribution in [0.5, 0.6) is 0 Å². The number of amides is 2. The Morgan fingerprint density at radius 1 is 1.09 bits per heavy atom. The average Bonchev–Trinajstić information content (AvgIpc) is 3.07. The quantitative estimate of drug-likeness (QED) is 0.412. The first kappa shape index (κ1) is 25.5. The van der Waals surface area contributed by atoms with Gasteiger partial charge >= 0.3 is 5.97 Å². The Labute approximate surface area is 205 Å². The van der Waals surface area contributed by atoms with Crippen LogP contribution >= 0.6 is 23.2 Å². The lowest BCUT2D eigenvalue weighted by atomic mass is 10.2. The molecule has 2 aromatic carbocycles. The smallest absolute Gasteiger partial charge is 0.305 e. The molecule has 0 fully saturated rings. The Bertz CT molecular complexity index is 1380. The lowest BCUT2D eigenvalue weighted by Gasteiger charge is -2.12. The summed E-state index contributed by atoms with van der Waals surface area (Å²) in [6, 6.07) is 9.65. The summed E-state index contributed by atoms with van der Waals surface area (Å²) >= 11 is 12.3. The monoisotopic (exact) mass is 525 g/mol. The van der Waals surface area contributed by atoms with Gasteiger partial charge in [0, 0.05) is 29.7 Å². The number of carboxylic acids is 1. The molecule has 34 heavy (non-hydrogen) atoms. The van der Waals surface area contributed by atoms with Crippen molar-refractivity contribution in [2.75, 3.05) is 11.1 Å². The number of hydrogen-bond acceptors (Lipinski definition) is 5. The summed E-state index contributed by atoms with van der Waals surface area (Å²) in [6.07, 6.45) is -0.323. The van der Waals surface area contributed by atoms with Crippen LogP contribution in [0.3, 0.4) is 0 Å². The number of aryl methyl sites for hydroxylation is 1. The molecule has 0 saturated carbocycles. The number of carbonyl (C=O) groups excluding carboxylic acids is 2. The van der Waals surface area contributed by atoms with Crippen molar-refractivity contribution in [2.24, 2.45) is 7.05 Å². The second-order valence-corrected chi connectivity index (χ2v) is 10.5. The van der Waals surface area contributed by atoms with E-state index in [0.717, 1.165) is 5.52 Å². The van der Waals surface area contributed by atoms with E-state index in [4.69, 9.17) is 28.3 Å². The summed E-state index contributed by atoms with van der Waals surface area (Å²) in [5.74, 6) is -3.18. The highest BCUT2D eigenvalue weighted by Gasteiger charge is 2.22. The zero-order valence-electron chi connectivity index (χ0n) is 18.1. The molecule has 0 spiro atoms. The number of carboxylic acid groups (broad SMARTS) is 1. The van der Waals surface area contributed by atoms with Crippen molar-refractivity contribution in [2.45, 2.75) is 24.3 Å². The maximum Gasteiger partial charge on any atom is 0.305 e. The zero-order valence-corrected chi connectivity index (χ0v) is 20.5. The largest absolute Gasteiger partial charge is 0.481 e. The van der Waals surface area contributed by atoms with Crippen LogP contribution in [0.4, 0.5) is 5.69 Å². The van der Waals surface area contributed by atoms with Gasteiger partial charge in [-0.3, -0.25) is 14.4 Å². The average molecular weight is 526 g/mol. The van der Waals surface area contributed by atoms with Crippen molar-refractivity contribution in [1.29, 1.82) is 0 Å². The Balaban J connectivity index is 1.71. The first-order valence-electron chi connectivity index (χ1n) is 9.98. The number of sulfone groups is 1. The third-order valence-corrected chi connectivity index (χ3v) is 7.48. The molecule has 0 saturated heterocycles. The number of aliphatic carboxylic acids is 1. The van der Waals surface area contributed by atoms with Crippen LogP contribution < -0.4 is 10.6 Å². The van der Waals surface area contributed by atoms with Crippen molar-refractivity contribution in [3.8, 4) is 0 Å². The molecule has 0 aliphatic carbocycles. The molecule has 0 radical (unpaired) electrons. The number of benzene rings is 2. The van der Waals surface area contributed by atoms with E-state index in [0.29, 0.717) is 26.8 Å². The van der Waals surface area contributed by atoms with Gasteiger partial charge in [-0.1, -0.05) is 23.2 Å². The molecule has 0 bridgehead atoms. The standard InChI is InChI=1S/C22H21Cl2N3O6S/c1-12(9-20(29)30)25-19(28)11-34(32,33)14-5-3-13(4-6-14)26-22(31)18-10-15-17(27(18)2)8-7-16(23)21(15)24/h3-8,10,12H,9,11H2,1-2H3,(H,25,28)(H,26,31)(H,29,30). The van der Waals surface area contributed by atoms with Gasteiger partial charge in [0.15, 0.2) is 9.84 Å². The Morgan fingerprint density at radius 3 is 2.35 bits per heavy atom. The summed E-state index contributed by atoms with van der Waals surface area (Å²) < 4.78 is 26.7. The minimum absolute atomic E-state index is 0.113. The second-order valence-electron chi connectivity index (χ2n) is 7.69. The van der Waals surface area contributed by atoms with E-state index in [2.05, 4.69) is 10.6 Å². The van der Waals surface area contributed by atoms with Crippen molar-refractivity contribution >= 4 is 67.4 Å². The van der Waals surface area contributed by atoms with Crippen molar-refractivity contribution in [3.05, 3.63) is 58.2 Å². The maximum absolute atomic E-state index is 12.8. The number of anilines is 1. The lowest BCUT2D eigenvalue weighted by molar-refractivity contribution is -0.137. The van der Waals surface area contributed by atoms with Crippen LogP contribution in [0.15, 0.2) is 47.4 Å². The van der Waals surface area contributed by atoms with Gasteiger partial charge in [-0.05, 0) is 49.4 Å². The third kappa shape index (κ3) is 5.69. The van der Waals surface area contributed by atoms with E-state index < -0.39 is 39.4 Å². The van der Waals surface area contributed by atoms with Gasteiger partial charge in [-0.2, -0.15) is 0 Å². The summed E-state index contributed by atoms with van der Waals surface area (Å²) in [5, 5.41) is 15.1. The fraction of sp³-hybridized carbons (Fsp3) is 0.227. The van der Waals surface area contributed by atoms with Crippen molar-refractivity contribution < 1.29 is 27.9 Å². The molecular weight excluding hydrogens is 505 g/mol. The molecule has 1 unspecified atom stereocenters. The number of nitrogens with one attached hydrogen (secondary N) is 2. The van der Waals surface area contributed by atoms with Gasteiger partial charge in [0.1, 0.15) is 11.4 Å². The number of nitrogens with zero attached hydrogens (tertiary/aromatic N) is 1. The van der Waals surface area contributed by atoms with E-state index in [-0.39, 0.29) is 11.3 Å². The highest BCUT2D eigenvalue weighted by molar-refractivity contribution is 7.92. The minimum Gasteiger partial charge on any atom is -0.481 e. The van der Waals surface area contributed by atoms with Crippen LogP contribution in [0, 0.1) is 0 Å². The Hall–Kier alpha value is -3.08. The summed E-state index contributed by atoms with van der Waals surface area (Å²) in [4.78, 5) is 35.3. The van der Waals surface area contributed by atoms with Crippen LogP contribution in [-0.2, 0) is 26.5 Å². The second kappa shape index (κ2) is 10.0. The van der Waals surface area contributed by atoms with E-state index in [1.54, 1.807) is 29.8 Å². The van der Waals surface area contributed by atoms with Gasteiger partial charge in [0.2, 0.25) is 5.91 Å². The molecule has 0 aliphatic rings. The van der Waals surface area contributed by atoms with Crippen LogP contribution in [0.1, 0.15) is 23.8 Å². The number of rotatable bonds is 8. The SMILES string of the molecule is CC(CC(=O)O)NC(=O)CS(=O)(=O)c1ccc(NC(=O)c2cc3c(Cl)c(Cl)ccc3n2C)cc1. The number of hydrogen-bond donors (Lipinski definition) is 3. The Kier molecular flexibility index (Phi) is 7.54. The summed E-state index contributed by atoms with van der Waals surface area (Å²) in [6.45, 7) is 1.47. The van der Waals surface area contributed by atoms with E-state index in [1.165, 1.54) is 31.2 Å². The van der Waals surface area contributed by atoms with E-state index in [1.807, 2.05) is 0 Å². The van der Waals surface area contributed by atoms with Crippen LogP contribution in [0.25, 0.3) is 10.9 Å². The molecule has 1 atom stereocenters. The molecular formula is C22H21Cl2N3O6S. The van der Waals surface area contributed by atoms with Crippen molar-refractivity contribution in [1.82, 2.24) is 9.88 Å². The Morgan fingerprint density at radius 2 is 1.74 bits per heavy atom. The van der Waals surface area contributed by atoms with Gasteiger partial charge < -0.3 is 20.3 Å². The highest BCUT2D eigenvalue weighted by atomic mass is 35.5. The molecule has 3 N–H and O–H groups in total. The highest BCUT2D eigenvalue weighted by Crippen LogP contribution is 2.32. The molecule has 12 heteroatoms. The fourth-order valence-electron chi connectivity index (χ4n) is 3.39. The molecule has 3 rings (SSSR count). The number of fused-ring (bicyclic) bond motifs is 1. The van der Waals surface area contributed by atoms with Crippen molar-refractivity contribution in [3.63, 3.8) is 0 Å². The molecule has 3 aromatic rings. The number of aromatic nitrogens is 1. The van der Waals surface area contributed by atoms with Gasteiger partial charge in [0.25, 0.3) is 5.91 Å². The van der Waals surface area contributed by atoms with E-state index in [9.17, 15) is 22.8 Å². The zero-order chi connectivity index (χ0) is 25.2. The lowest BCUT2D eigenvalue weighted by Crippen LogP contribution is -2.37. The predicted octanol–water partition coefficient (Wildman–Crippen LogP) is 3.49.